The fourth-order valence-electron chi connectivity index (χ4n) is 1.55. The summed E-state index contributed by atoms with van der Waals surface area (Å²) in [5, 5.41) is 0. The summed E-state index contributed by atoms with van der Waals surface area (Å²) >= 11 is 1.20. The number of rotatable bonds is 3. The average molecular weight is 265 g/mol. The van der Waals surface area contributed by atoms with E-state index in [1.807, 2.05) is 0 Å². The first-order valence-corrected chi connectivity index (χ1v) is 6.26. The molecule has 2 rings (SSSR count). The van der Waals surface area contributed by atoms with E-state index in [0.717, 1.165) is 4.88 Å². The van der Waals surface area contributed by atoms with Gasteiger partial charge in [-0.05, 0) is 30.7 Å². The lowest BCUT2D eigenvalue weighted by atomic mass is 10.2. The van der Waals surface area contributed by atoms with Crippen molar-refractivity contribution in [2.24, 2.45) is 0 Å². The summed E-state index contributed by atoms with van der Waals surface area (Å²) in [4.78, 5) is 12.7. The normalized spacial score (nSPS) is 10.3. The number of carbonyl (C=O) groups is 1. The molecule has 18 heavy (non-hydrogen) atoms. The Morgan fingerprint density at radius 1 is 1.44 bits per heavy atom. The maximum atomic E-state index is 13.1. The zero-order valence-electron chi connectivity index (χ0n) is 9.77. The maximum absolute atomic E-state index is 13.1. The Balaban J connectivity index is 2.37. The van der Waals surface area contributed by atoms with Crippen LogP contribution in [0.5, 0.6) is 0 Å². The first-order valence-electron chi connectivity index (χ1n) is 5.44. The van der Waals surface area contributed by atoms with Crippen LogP contribution in [-0.2, 0) is 4.74 Å². The van der Waals surface area contributed by atoms with Crippen LogP contribution >= 0.6 is 11.3 Å². The highest BCUT2D eigenvalue weighted by Gasteiger charge is 2.16. The van der Waals surface area contributed by atoms with Crippen molar-refractivity contribution in [3.63, 3.8) is 0 Å². The number of nitrogens with two attached hydrogens (primary N) is 1. The number of nitrogen functional groups attached to an aromatic ring is 1. The zero-order chi connectivity index (χ0) is 13.1. The summed E-state index contributed by atoms with van der Waals surface area (Å²) in [6.45, 7) is 2.03. The van der Waals surface area contributed by atoms with Crippen LogP contribution in [0.2, 0.25) is 0 Å². The Labute approximate surface area is 108 Å². The number of anilines is 1. The van der Waals surface area contributed by atoms with Crippen LogP contribution in [0.3, 0.4) is 0 Å². The molecule has 0 radical (unpaired) electrons. The third kappa shape index (κ3) is 2.51. The van der Waals surface area contributed by atoms with E-state index in [2.05, 4.69) is 0 Å². The van der Waals surface area contributed by atoms with Gasteiger partial charge in [-0.1, -0.05) is 12.1 Å². The Kier molecular flexibility index (Phi) is 3.62. The lowest BCUT2D eigenvalue weighted by Gasteiger charge is -1.99. The molecule has 3 nitrogen and oxygen atoms in total. The average Bonchev–Trinajstić information content (AvgIpc) is 2.72. The van der Waals surface area contributed by atoms with E-state index in [1.165, 1.54) is 23.5 Å². The molecule has 0 atom stereocenters. The molecule has 0 amide bonds. The molecule has 2 aromatic rings. The second-order valence-corrected chi connectivity index (χ2v) is 4.68. The van der Waals surface area contributed by atoms with E-state index in [1.54, 1.807) is 25.1 Å². The van der Waals surface area contributed by atoms with E-state index in [9.17, 15) is 9.18 Å². The standard InChI is InChI=1S/C13H12FNO2S/c1-2-17-13(16)12-10(15)7-11(18-12)8-4-3-5-9(14)6-8/h3-7H,2,15H2,1H3. The number of halogens is 1. The summed E-state index contributed by atoms with van der Waals surface area (Å²) in [5.41, 5.74) is 6.82. The number of thiophene rings is 1. The van der Waals surface area contributed by atoms with Crippen LogP contribution in [-0.4, -0.2) is 12.6 Å². The highest BCUT2D eigenvalue weighted by atomic mass is 32.1. The Morgan fingerprint density at radius 2 is 2.22 bits per heavy atom. The Bertz CT molecular complexity index is 580. The fraction of sp³-hybridized carbons (Fsp3) is 0.154. The van der Waals surface area contributed by atoms with Crippen LogP contribution in [0.1, 0.15) is 16.6 Å². The van der Waals surface area contributed by atoms with Gasteiger partial charge in [0.2, 0.25) is 0 Å². The van der Waals surface area contributed by atoms with Gasteiger partial charge in [-0.2, -0.15) is 0 Å². The molecule has 0 saturated heterocycles. The molecule has 0 spiro atoms. The topological polar surface area (TPSA) is 52.3 Å². The quantitative estimate of drug-likeness (QED) is 0.866. The number of carbonyl (C=O) groups excluding carboxylic acids is 1. The second kappa shape index (κ2) is 5.18. The predicted octanol–water partition coefficient (Wildman–Crippen LogP) is 3.31. The van der Waals surface area contributed by atoms with Gasteiger partial charge in [-0.3, -0.25) is 0 Å². The molecule has 0 bridgehead atoms. The summed E-state index contributed by atoms with van der Waals surface area (Å²) in [7, 11) is 0. The van der Waals surface area contributed by atoms with Crippen molar-refractivity contribution >= 4 is 23.0 Å². The van der Waals surface area contributed by atoms with Gasteiger partial charge in [0.1, 0.15) is 10.7 Å². The molecule has 0 aliphatic rings. The van der Waals surface area contributed by atoms with Crippen molar-refractivity contribution in [3.8, 4) is 10.4 Å². The first-order chi connectivity index (χ1) is 8.61. The van der Waals surface area contributed by atoms with E-state index in [-0.39, 0.29) is 5.82 Å². The lowest BCUT2D eigenvalue weighted by molar-refractivity contribution is 0.0533. The van der Waals surface area contributed by atoms with Crippen LogP contribution in [0.25, 0.3) is 10.4 Å². The molecule has 0 aliphatic heterocycles. The third-order valence-corrected chi connectivity index (χ3v) is 3.51. The maximum Gasteiger partial charge on any atom is 0.350 e. The van der Waals surface area contributed by atoms with Crippen LogP contribution in [0, 0.1) is 5.82 Å². The van der Waals surface area contributed by atoms with Crippen LogP contribution in [0.15, 0.2) is 30.3 Å². The third-order valence-electron chi connectivity index (χ3n) is 2.33. The molecule has 0 saturated carbocycles. The van der Waals surface area contributed by atoms with Gasteiger partial charge in [0, 0.05) is 4.88 Å². The lowest BCUT2D eigenvalue weighted by Crippen LogP contribution is -2.04. The molecule has 2 N–H and O–H groups in total. The molecular weight excluding hydrogens is 253 g/mol. The number of hydrogen-bond acceptors (Lipinski definition) is 4. The van der Waals surface area contributed by atoms with Crippen molar-refractivity contribution in [2.45, 2.75) is 6.92 Å². The van der Waals surface area contributed by atoms with E-state index < -0.39 is 5.97 Å². The fourth-order valence-corrected chi connectivity index (χ4v) is 2.51. The minimum absolute atomic E-state index is 0.297. The highest BCUT2D eigenvalue weighted by Crippen LogP contribution is 2.33. The van der Waals surface area contributed by atoms with Crippen molar-refractivity contribution < 1.29 is 13.9 Å². The van der Waals surface area contributed by atoms with Gasteiger partial charge in [-0.25, -0.2) is 9.18 Å². The number of hydrogen-bond donors (Lipinski definition) is 1. The summed E-state index contributed by atoms with van der Waals surface area (Å²) in [6.07, 6.45) is 0. The smallest absolute Gasteiger partial charge is 0.350 e. The zero-order valence-corrected chi connectivity index (χ0v) is 10.6. The number of benzene rings is 1. The van der Waals surface area contributed by atoms with E-state index in [4.69, 9.17) is 10.5 Å². The summed E-state index contributed by atoms with van der Waals surface area (Å²) in [6, 6.07) is 7.81. The molecule has 94 valence electrons. The van der Waals surface area contributed by atoms with Gasteiger partial charge >= 0.3 is 5.97 Å². The van der Waals surface area contributed by atoms with Crippen molar-refractivity contribution in [2.75, 3.05) is 12.3 Å². The minimum atomic E-state index is -0.442. The monoisotopic (exact) mass is 265 g/mol. The van der Waals surface area contributed by atoms with E-state index in [0.29, 0.717) is 22.7 Å². The minimum Gasteiger partial charge on any atom is -0.462 e. The largest absolute Gasteiger partial charge is 0.462 e. The Morgan fingerprint density at radius 3 is 2.89 bits per heavy atom. The van der Waals surface area contributed by atoms with Gasteiger partial charge in [-0.15, -0.1) is 11.3 Å². The molecule has 0 unspecified atom stereocenters. The Hall–Kier alpha value is -1.88. The van der Waals surface area contributed by atoms with Gasteiger partial charge in [0.15, 0.2) is 0 Å². The molecule has 1 aromatic carbocycles. The predicted molar refractivity (Wildman–Crippen MR) is 70.1 cm³/mol. The highest BCUT2D eigenvalue weighted by molar-refractivity contribution is 7.18. The van der Waals surface area contributed by atoms with Crippen molar-refractivity contribution in [1.82, 2.24) is 0 Å². The molecule has 1 heterocycles. The molecule has 0 fully saturated rings. The molecular formula is C13H12FNO2S. The number of ether oxygens (including phenoxy) is 1. The van der Waals surface area contributed by atoms with Crippen molar-refractivity contribution in [3.05, 3.63) is 41.0 Å². The van der Waals surface area contributed by atoms with Crippen LogP contribution < -0.4 is 5.73 Å². The second-order valence-electron chi connectivity index (χ2n) is 3.63. The SMILES string of the molecule is CCOC(=O)c1sc(-c2cccc(F)c2)cc1N. The van der Waals surface area contributed by atoms with Gasteiger partial charge < -0.3 is 10.5 Å². The van der Waals surface area contributed by atoms with Gasteiger partial charge in [0.05, 0.1) is 12.3 Å². The summed E-state index contributed by atoms with van der Waals surface area (Å²) < 4.78 is 18.0. The molecule has 5 heteroatoms. The first kappa shape index (κ1) is 12.6. The number of esters is 1. The van der Waals surface area contributed by atoms with E-state index >= 15 is 0 Å². The van der Waals surface area contributed by atoms with Crippen molar-refractivity contribution in [1.29, 1.82) is 0 Å². The molecule has 0 aliphatic carbocycles. The summed E-state index contributed by atoms with van der Waals surface area (Å²) in [5.74, 6) is -0.764. The molecule has 1 aromatic heterocycles. The van der Waals surface area contributed by atoms with Gasteiger partial charge in [0.25, 0.3) is 0 Å². The van der Waals surface area contributed by atoms with Crippen LogP contribution in [0.4, 0.5) is 10.1 Å².